The van der Waals surface area contributed by atoms with Crippen molar-refractivity contribution in [3.05, 3.63) is 48.0 Å². The van der Waals surface area contributed by atoms with E-state index in [1.54, 1.807) is 0 Å². The standard InChI is InChI=1S/C16H16S/c1-16(2,3)13-9-6-8-12-11-7-4-5-10-14(11)17-15(12)13/h4-10H,1-3H3. The smallest absolute Gasteiger partial charge is 0.0392 e. The average Bonchev–Trinajstić information content (AvgIpc) is 2.65. The fourth-order valence-electron chi connectivity index (χ4n) is 2.34. The summed E-state index contributed by atoms with van der Waals surface area (Å²) in [5.74, 6) is 0. The van der Waals surface area contributed by atoms with Gasteiger partial charge in [-0.1, -0.05) is 57.2 Å². The van der Waals surface area contributed by atoms with Crippen molar-refractivity contribution in [1.29, 1.82) is 0 Å². The zero-order chi connectivity index (χ0) is 12.0. The van der Waals surface area contributed by atoms with Crippen molar-refractivity contribution in [2.24, 2.45) is 0 Å². The van der Waals surface area contributed by atoms with Gasteiger partial charge < -0.3 is 0 Å². The Kier molecular flexibility index (Phi) is 2.27. The Bertz CT molecular complexity index is 683. The first-order valence-electron chi connectivity index (χ1n) is 5.98. The van der Waals surface area contributed by atoms with Gasteiger partial charge in [0.1, 0.15) is 0 Å². The summed E-state index contributed by atoms with van der Waals surface area (Å²) >= 11 is 1.92. The highest BCUT2D eigenvalue weighted by Gasteiger charge is 2.18. The quantitative estimate of drug-likeness (QED) is 0.496. The van der Waals surface area contributed by atoms with Gasteiger partial charge in [0.25, 0.3) is 0 Å². The minimum atomic E-state index is 0.209. The first-order chi connectivity index (χ1) is 8.07. The average molecular weight is 240 g/mol. The van der Waals surface area contributed by atoms with Gasteiger partial charge in [-0.05, 0) is 17.0 Å². The number of benzene rings is 2. The fraction of sp³-hybridized carbons (Fsp3) is 0.250. The maximum absolute atomic E-state index is 2.28. The van der Waals surface area contributed by atoms with E-state index in [0.717, 1.165) is 0 Å². The summed E-state index contributed by atoms with van der Waals surface area (Å²) in [4.78, 5) is 0. The largest absolute Gasteiger partial charge is 0.135 e. The SMILES string of the molecule is CC(C)(C)c1cccc2c1sc1ccccc12. The molecule has 0 bridgehead atoms. The lowest BCUT2D eigenvalue weighted by atomic mass is 9.86. The van der Waals surface area contributed by atoms with E-state index >= 15 is 0 Å². The lowest BCUT2D eigenvalue weighted by molar-refractivity contribution is 0.597. The van der Waals surface area contributed by atoms with Gasteiger partial charge in [-0.15, -0.1) is 11.3 Å². The van der Waals surface area contributed by atoms with Crippen molar-refractivity contribution in [2.75, 3.05) is 0 Å². The molecule has 0 aliphatic carbocycles. The number of fused-ring (bicyclic) bond motifs is 3. The molecule has 0 spiro atoms. The highest BCUT2D eigenvalue weighted by molar-refractivity contribution is 7.26. The van der Waals surface area contributed by atoms with Crippen molar-refractivity contribution < 1.29 is 0 Å². The molecule has 17 heavy (non-hydrogen) atoms. The van der Waals surface area contributed by atoms with E-state index in [4.69, 9.17) is 0 Å². The Balaban J connectivity index is 2.48. The maximum atomic E-state index is 2.28. The van der Waals surface area contributed by atoms with Crippen LogP contribution in [0.3, 0.4) is 0 Å². The molecule has 86 valence electrons. The van der Waals surface area contributed by atoms with Gasteiger partial charge in [0, 0.05) is 20.2 Å². The summed E-state index contributed by atoms with van der Waals surface area (Å²) in [7, 11) is 0. The van der Waals surface area contributed by atoms with Gasteiger partial charge >= 0.3 is 0 Å². The van der Waals surface area contributed by atoms with Gasteiger partial charge in [-0.3, -0.25) is 0 Å². The molecule has 0 N–H and O–H groups in total. The molecule has 0 saturated carbocycles. The molecule has 1 heteroatoms. The number of hydrogen-bond acceptors (Lipinski definition) is 1. The Morgan fingerprint density at radius 2 is 1.53 bits per heavy atom. The summed E-state index contributed by atoms with van der Waals surface area (Å²) in [6.07, 6.45) is 0. The van der Waals surface area contributed by atoms with Crippen LogP contribution >= 0.6 is 11.3 Å². The third-order valence-electron chi connectivity index (χ3n) is 3.21. The van der Waals surface area contributed by atoms with Crippen LogP contribution in [0.5, 0.6) is 0 Å². The topological polar surface area (TPSA) is 0 Å². The van der Waals surface area contributed by atoms with Crippen molar-refractivity contribution in [3.8, 4) is 0 Å². The summed E-state index contributed by atoms with van der Waals surface area (Å²) < 4.78 is 2.83. The molecule has 1 aromatic heterocycles. The molecule has 0 saturated heterocycles. The third-order valence-corrected chi connectivity index (χ3v) is 4.43. The number of hydrogen-bond donors (Lipinski definition) is 0. The molecule has 0 amide bonds. The van der Waals surface area contributed by atoms with Gasteiger partial charge in [0.15, 0.2) is 0 Å². The molecule has 0 aliphatic heterocycles. The van der Waals surface area contributed by atoms with Gasteiger partial charge in [-0.2, -0.15) is 0 Å². The zero-order valence-electron chi connectivity index (χ0n) is 10.4. The van der Waals surface area contributed by atoms with E-state index < -0.39 is 0 Å². The van der Waals surface area contributed by atoms with Gasteiger partial charge in [0.2, 0.25) is 0 Å². The van der Waals surface area contributed by atoms with Crippen molar-refractivity contribution in [1.82, 2.24) is 0 Å². The fourth-order valence-corrected chi connectivity index (χ4v) is 3.76. The summed E-state index contributed by atoms with van der Waals surface area (Å²) in [6, 6.07) is 15.4. The normalized spacial score (nSPS) is 12.4. The highest BCUT2D eigenvalue weighted by Crippen LogP contribution is 2.39. The van der Waals surface area contributed by atoms with E-state index in [2.05, 4.69) is 63.2 Å². The van der Waals surface area contributed by atoms with E-state index in [-0.39, 0.29) is 5.41 Å². The lowest BCUT2D eigenvalue weighted by Crippen LogP contribution is -2.10. The van der Waals surface area contributed by atoms with Crippen LogP contribution in [0.4, 0.5) is 0 Å². The Morgan fingerprint density at radius 3 is 2.29 bits per heavy atom. The summed E-state index contributed by atoms with van der Waals surface area (Å²) in [5.41, 5.74) is 1.66. The first kappa shape index (κ1) is 10.8. The second-order valence-corrected chi connectivity index (χ2v) is 6.58. The Morgan fingerprint density at radius 1 is 0.824 bits per heavy atom. The predicted octanol–water partition coefficient (Wildman–Crippen LogP) is 5.35. The molecule has 0 atom stereocenters. The Labute approximate surface area is 106 Å². The first-order valence-corrected chi connectivity index (χ1v) is 6.80. The molecule has 3 rings (SSSR count). The summed E-state index contributed by atoms with van der Waals surface area (Å²) in [6.45, 7) is 6.85. The second kappa shape index (κ2) is 3.58. The summed E-state index contributed by atoms with van der Waals surface area (Å²) in [5, 5.41) is 2.79. The number of thiophene rings is 1. The van der Waals surface area contributed by atoms with Crippen LogP contribution in [-0.2, 0) is 5.41 Å². The monoisotopic (exact) mass is 240 g/mol. The van der Waals surface area contributed by atoms with Crippen molar-refractivity contribution in [3.63, 3.8) is 0 Å². The van der Waals surface area contributed by atoms with Crippen LogP contribution in [-0.4, -0.2) is 0 Å². The molecule has 0 fully saturated rings. The van der Waals surface area contributed by atoms with Crippen LogP contribution in [0.15, 0.2) is 42.5 Å². The number of rotatable bonds is 0. The molecular formula is C16H16S. The molecule has 0 aliphatic rings. The minimum Gasteiger partial charge on any atom is -0.135 e. The van der Waals surface area contributed by atoms with Gasteiger partial charge in [0.05, 0.1) is 0 Å². The molecule has 0 nitrogen and oxygen atoms in total. The van der Waals surface area contributed by atoms with E-state index in [1.165, 1.54) is 25.7 Å². The third kappa shape index (κ3) is 1.66. The maximum Gasteiger partial charge on any atom is 0.0392 e. The minimum absolute atomic E-state index is 0.209. The second-order valence-electron chi connectivity index (χ2n) is 5.53. The molecule has 0 radical (unpaired) electrons. The van der Waals surface area contributed by atoms with Crippen molar-refractivity contribution in [2.45, 2.75) is 26.2 Å². The lowest BCUT2D eigenvalue weighted by Gasteiger charge is -2.19. The molecule has 3 aromatic rings. The van der Waals surface area contributed by atoms with E-state index in [9.17, 15) is 0 Å². The predicted molar refractivity (Wildman–Crippen MR) is 78.0 cm³/mol. The highest BCUT2D eigenvalue weighted by atomic mass is 32.1. The van der Waals surface area contributed by atoms with Crippen LogP contribution in [0.2, 0.25) is 0 Å². The molecular weight excluding hydrogens is 224 g/mol. The van der Waals surface area contributed by atoms with E-state index in [0.29, 0.717) is 0 Å². The van der Waals surface area contributed by atoms with Crippen LogP contribution < -0.4 is 0 Å². The zero-order valence-corrected chi connectivity index (χ0v) is 11.3. The van der Waals surface area contributed by atoms with E-state index in [1.807, 2.05) is 11.3 Å². The van der Waals surface area contributed by atoms with Crippen molar-refractivity contribution >= 4 is 31.5 Å². The Hall–Kier alpha value is -1.34. The van der Waals surface area contributed by atoms with Crippen LogP contribution in [0, 0.1) is 0 Å². The molecule has 1 heterocycles. The molecule has 2 aromatic carbocycles. The van der Waals surface area contributed by atoms with Crippen LogP contribution in [0.25, 0.3) is 20.2 Å². The van der Waals surface area contributed by atoms with Gasteiger partial charge in [-0.25, -0.2) is 0 Å². The van der Waals surface area contributed by atoms with Crippen LogP contribution in [0.1, 0.15) is 26.3 Å². The molecule has 0 unspecified atom stereocenters.